The molecule has 3 rings (SSSR count). The lowest BCUT2D eigenvalue weighted by Gasteiger charge is -2.20. The van der Waals surface area contributed by atoms with Gasteiger partial charge in [0.05, 0.1) is 10.7 Å². The molecule has 23 heavy (non-hydrogen) atoms. The van der Waals surface area contributed by atoms with Crippen molar-refractivity contribution in [3.63, 3.8) is 0 Å². The Labute approximate surface area is 143 Å². The van der Waals surface area contributed by atoms with Crippen molar-refractivity contribution in [2.24, 2.45) is 5.14 Å². The van der Waals surface area contributed by atoms with E-state index in [0.717, 1.165) is 29.9 Å². The van der Waals surface area contributed by atoms with E-state index in [1.54, 1.807) is 12.1 Å². The van der Waals surface area contributed by atoms with Crippen molar-refractivity contribution in [1.29, 1.82) is 0 Å². The molecule has 0 bridgehead atoms. The molecule has 7 heteroatoms. The smallest absolute Gasteiger partial charge is 0.285 e. The predicted octanol–water partition coefficient (Wildman–Crippen LogP) is 4.27. The van der Waals surface area contributed by atoms with Crippen LogP contribution in [0.1, 0.15) is 49.6 Å². The summed E-state index contributed by atoms with van der Waals surface area (Å²) < 4.78 is 21.8. The zero-order valence-corrected chi connectivity index (χ0v) is 14.5. The number of hydrogen-bond donors (Lipinski definition) is 1. The number of halogens is 1. The first-order valence-electron chi connectivity index (χ1n) is 7.66. The third kappa shape index (κ3) is 3.76. The van der Waals surface area contributed by atoms with Crippen molar-refractivity contribution >= 4 is 22.9 Å². The SMILES string of the molecule is Cc1nc(C2CCCCC2)c(-c2ccc(OS(N)=O)c(Cl)c2)o1. The van der Waals surface area contributed by atoms with Crippen LogP contribution in [0.25, 0.3) is 11.3 Å². The Morgan fingerprint density at radius 3 is 2.74 bits per heavy atom. The molecule has 0 saturated heterocycles. The molecule has 1 atom stereocenters. The predicted molar refractivity (Wildman–Crippen MR) is 90.5 cm³/mol. The molecule has 1 aliphatic rings. The van der Waals surface area contributed by atoms with Crippen LogP contribution in [0.4, 0.5) is 0 Å². The van der Waals surface area contributed by atoms with Crippen molar-refractivity contribution in [2.45, 2.75) is 44.9 Å². The number of nitrogens with zero attached hydrogens (tertiary/aromatic N) is 1. The third-order valence-corrected chi connectivity index (χ3v) is 4.76. The van der Waals surface area contributed by atoms with Crippen LogP contribution >= 0.6 is 11.6 Å². The molecule has 1 fully saturated rings. The van der Waals surface area contributed by atoms with Gasteiger partial charge in [-0.3, -0.25) is 0 Å². The topological polar surface area (TPSA) is 78.4 Å². The van der Waals surface area contributed by atoms with Gasteiger partial charge in [0.1, 0.15) is 0 Å². The van der Waals surface area contributed by atoms with Crippen LogP contribution in [0.5, 0.6) is 5.75 Å². The summed E-state index contributed by atoms with van der Waals surface area (Å²) in [4.78, 5) is 4.60. The Hall–Kier alpha value is -1.37. The van der Waals surface area contributed by atoms with Crippen LogP contribution in [0.15, 0.2) is 22.6 Å². The van der Waals surface area contributed by atoms with Crippen LogP contribution in [0.3, 0.4) is 0 Å². The number of nitrogens with two attached hydrogens (primary N) is 1. The average molecular weight is 355 g/mol. The van der Waals surface area contributed by atoms with Crippen LogP contribution in [-0.4, -0.2) is 9.19 Å². The minimum Gasteiger partial charge on any atom is -0.441 e. The standard InChI is InChI=1S/C16H19ClN2O3S/c1-10-19-15(11-5-3-2-4-6-11)16(21-10)12-7-8-14(13(17)9-12)22-23(18)20/h7-9,11H,2-6,18H2,1H3. The van der Waals surface area contributed by atoms with Gasteiger partial charge >= 0.3 is 0 Å². The summed E-state index contributed by atoms with van der Waals surface area (Å²) in [5, 5.41) is 5.47. The minimum absolute atomic E-state index is 0.284. The highest BCUT2D eigenvalue weighted by atomic mass is 35.5. The fraction of sp³-hybridized carbons (Fsp3) is 0.438. The van der Waals surface area contributed by atoms with Gasteiger partial charge < -0.3 is 8.60 Å². The molecule has 2 aromatic rings. The molecule has 2 N–H and O–H groups in total. The molecule has 0 spiro atoms. The van der Waals surface area contributed by atoms with Gasteiger partial charge in [-0.25, -0.2) is 10.1 Å². The van der Waals surface area contributed by atoms with E-state index in [2.05, 4.69) is 4.98 Å². The van der Waals surface area contributed by atoms with Crippen molar-refractivity contribution in [3.8, 4) is 17.1 Å². The average Bonchev–Trinajstić information content (AvgIpc) is 2.92. The molecule has 0 radical (unpaired) electrons. The van der Waals surface area contributed by atoms with Crippen molar-refractivity contribution < 1.29 is 12.8 Å². The quantitative estimate of drug-likeness (QED) is 0.889. The normalized spacial score (nSPS) is 17.2. The number of hydrogen-bond acceptors (Lipinski definition) is 4. The second-order valence-corrected chi connectivity index (χ2v) is 6.87. The second-order valence-electron chi connectivity index (χ2n) is 5.77. The minimum atomic E-state index is -1.90. The van der Waals surface area contributed by atoms with Gasteiger partial charge in [0.2, 0.25) is 0 Å². The zero-order valence-electron chi connectivity index (χ0n) is 12.9. The van der Waals surface area contributed by atoms with Crippen molar-refractivity contribution in [2.75, 3.05) is 0 Å². The van der Waals surface area contributed by atoms with Gasteiger partial charge in [0.25, 0.3) is 11.3 Å². The highest BCUT2D eigenvalue weighted by Gasteiger charge is 2.24. The largest absolute Gasteiger partial charge is 0.441 e. The van der Waals surface area contributed by atoms with Crippen LogP contribution in [0.2, 0.25) is 5.02 Å². The van der Waals surface area contributed by atoms with Crippen molar-refractivity contribution in [3.05, 3.63) is 34.8 Å². The highest BCUT2D eigenvalue weighted by molar-refractivity contribution is 7.78. The summed E-state index contributed by atoms with van der Waals surface area (Å²) in [6, 6.07) is 5.20. The fourth-order valence-corrected chi connectivity index (χ4v) is 3.69. The fourth-order valence-electron chi connectivity index (χ4n) is 3.10. The van der Waals surface area contributed by atoms with E-state index in [-0.39, 0.29) is 5.75 Å². The first-order chi connectivity index (χ1) is 11.0. The maximum Gasteiger partial charge on any atom is 0.285 e. The van der Waals surface area contributed by atoms with Crippen LogP contribution < -0.4 is 9.32 Å². The molecule has 1 aromatic heterocycles. The van der Waals surface area contributed by atoms with E-state index < -0.39 is 11.3 Å². The Bertz CT molecular complexity index is 726. The molecule has 124 valence electrons. The van der Waals surface area contributed by atoms with E-state index in [4.69, 9.17) is 25.3 Å². The van der Waals surface area contributed by atoms with Gasteiger partial charge in [0.15, 0.2) is 17.4 Å². The lowest BCUT2D eigenvalue weighted by Crippen LogP contribution is -2.10. The van der Waals surface area contributed by atoms with Gasteiger partial charge in [-0.2, -0.15) is 4.21 Å². The number of benzene rings is 1. The zero-order chi connectivity index (χ0) is 16.4. The summed E-state index contributed by atoms with van der Waals surface area (Å²) in [5.41, 5.74) is 1.85. The first kappa shape index (κ1) is 16.5. The van der Waals surface area contributed by atoms with E-state index in [0.29, 0.717) is 16.8 Å². The first-order valence-corrected chi connectivity index (χ1v) is 9.18. The maximum absolute atomic E-state index is 11.0. The summed E-state index contributed by atoms with van der Waals surface area (Å²) >= 11 is 4.29. The molecule has 1 unspecified atom stereocenters. The van der Waals surface area contributed by atoms with Crippen LogP contribution in [-0.2, 0) is 11.3 Å². The molecular weight excluding hydrogens is 336 g/mol. The van der Waals surface area contributed by atoms with E-state index in [1.165, 1.54) is 19.3 Å². The summed E-state index contributed by atoms with van der Waals surface area (Å²) in [6.07, 6.45) is 6.02. The van der Waals surface area contributed by atoms with E-state index >= 15 is 0 Å². The summed E-state index contributed by atoms with van der Waals surface area (Å²) in [6.45, 7) is 1.85. The number of oxazole rings is 1. The monoisotopic (exact) mass is 354 g/mol. The molecule has 0 aliphatic heterocycles. The molecular formula is C16H19ClN2O3S. The van der Waals surface area contributed by atoms with Gasteiger partial charge in [-0.05, 0) is 31.0 Å². The lowest BCUT2D eigenvalue weighted by molar-refractivity contribution is 0.437. The van der Waals surface area contributed by atoms with Gasteiger partial charge in [-0.1, -0.05) is 30.9 Å². The molecule has 1 aromatic carbocycles. The highest BCUT2D eigenvalue weighted by Crippen LogP contribution is 2.39. The van der Waals surface area contributed by atoms with Gasteiger partial charge in [-0.15, -0.1) is 0 Å². The molecule has 0 amide bonds. The number of aromatic nitrogens is 1. The third-order valence-electron chi connectivity index (χ3n) is 4.12. The Kier molecular flexibility index (Phi) is 5.04. The molecule has 1 aliphatic carbocycles. The van der Waals surface area contributed by atoms with Crippen LogP contribution in [0, 0.1) is 6.92 Å². The summed E-state index contributed by atoms with van der Waals surface area (Å²) in [5.74, 6) is 2.13. The lowest BCUT2D eigenvalue weighted by atomic mass is 9.85. The molecule has 1 saturated carbocycles. The molecule has 1 heterocycles. The Balaban J connectivity index is 1.95. The summed E-state index contributed by atoms with van der Waals surface area (Å²) in [7, 11) is 0. The van der Waals surface area contributed by atoms with E-state index in [1.807, 2.05) is 13.0 Å². The Morgan fingerprint density at radius 1 is 1.35 bits per heavy atom. The van der Waals surface area contributed by atoms with Gasteiger partial charge in [0, 0.05) is 18.4 Å². The molecule has 5 nitrogen and oxygen atoms in total. The number of rotatable bonds is 4. The van der Waals surface area contributed by atoms with Crippen molar-refractivity contribution in [1.82, 2.24) is 4.98 Å². The number of aryl methyl sites for hydroxylation is 1. The maximum atomic E-state index is 11.0. The second kappa shape index (κ2) is 7.03. The Morgan fingerprint density at radius 2 is 2.09 bits per heavy atom. The van der Waals surface area contributed by atoms with E-state index in [9.17, 15) is 4.21 Å².